The molecule has 1 aromatic carbocycles. The molecule has 0 spiro atoms. The summed E-state index contributed by atoms with van der Waals surface area (Å²) in [7, 11) is 0. The van der Waals surface area contributed by atoms with Gasteiger partial charge in [-0.25, -0.2) is 0 Å². The summed E-state index contributed by atoms with van der Waals surface area (Å²) in [4.78, 5) is 11.1. The van der Waals surface area contributed by atoms with E-state index in [1.54, 1.807) is 12.1 Å². The zero-order valence-electron chi connectivity index (χ0n) is 8.79. The molecule has 0 radical (unpaired) electrons. The van der Waals surface area contributed by atoms with Crippen molar-refractivity contribution in [2.45, 2.75) is 6.61 Å². The van der Waals surface area contributed by atoms with Crippen LogP contribution >= 0.6 is 0 Å². The average molecular weight is 234 g/mol. The highest BCUT2D eigenvalue weighted by Crippen LogP contribution is 2.17. The summed E-state index contributed by atoms with van der Waals surface area (Å²) < 4.78 is 10.3. The summed E-state index contributed by atoms with van der Waals surface area (Å²) >= 11 is 0. The van der Waals surface area contributed by atoms with E-state index >= 15 is 0 Å². The molecule has 0 fully saturated rings. The lowest BCUT2D eigenvalue weighted by atomic mass is 10.3. The molecule has 88 valence electrons. The number of rotatable bonds is 3. The van der Waals surface area contributed by atoms with Crippen LogP contribution in [0, 0.1) is 0 Å². The Labute approximate surface area is 96.5 Å². The molecule has 17 heavy (non-hydrogen) atoms. The minimum absolute atomic E-state index is 0.0697. The Morgan fingerprint density at radius 2 is 1.88 bits per heavy atom. The Bertz CT molecular complexity index is 556. The maximum Gasteiger partial charge on any atom is 0.226 e. The molecule has 0 atom stereocenters. The van der Waals surface area contributed by atoms with Crippen LogP contribution < -0.4 is 10.2 Å². The molecule has 0 bridgehead atoms. The maximum atomic E-state index is 11.1. The van der Waals surface area contributed by atoms with Crippen molar-refractivity contribution >= 4 is 0 Å². The van der Waals surface area contributed by atoms with E-state index in [2.05, 4.69) is 0 Å². The second kappa shape index (κ2) is 4.61. The summed E-state index contributed by atoms with van der Waals surface area (Å²) in [5.74, 6) is 0.561. The van der Waals surface area contributed by atoms with Gasteiger partial charge in [0.15, 0.2) is 5.75 Å². The minimum Gasteiger partial charge on any atom is -0.508 e. The van der Waals surface area contributed by atoms with Crippen LogP contribution in [-0.4, -0.2) is 10.2 Å². The van der Waals surface area contributed by atoms with E-state index in [9.17, 15) is 4.79 Å². The zero-order valence-corrected chi connectivity index (χ0v) is 8.79. The van der Waals surface area contributed by atoms with Crippen molar-refractivity contribution in [2.75, 3.05) is 0 Å². The number of phenols is 1. The van der Waals surface area contributed by atoms with Crippen LogP contribution in [-0.2, 0) is 6.61 Å². The molecule has 2 aromatic rings. The third kappa shape index (κ3) is 2.78. The van der Waals surface area contributed by atoms with Crippen LogP contribution in [0.1, 0.15) is 5.76 Å². The number of phenolic OH excluding ortho intramolecular Hbond substituents is 1. The van der Waals surface area contributed by atoms with E-state index in [4.69, 9.17) is 19.4 Å². The fourth-order valence-corrected chi connectivity index (χ4v) is 1.22. The van der Waals surface area contributed by atoms with Crippen LogP contribution in [0.4, 0.5) is 0 Å². The molecule has 0 saturated heterocycles. The first-order valence-electron chi connectivity index (χ1n) is 4.87. The lowest BCUT2D eigenvalue weighted by Crippen LogP contribution is -2.02. The summed E-state index contributed by atoms with van der Waals surface area (Å²) in [6, 6.07) is 7.32. The van der Waals surface area contributed by atoms with Gasteiger partial charge in [-0.3, -0.25) is 4.79 Å². The van der Waals surface area contributed by atoms with Gasteiger partial charge in [-0.1, -0.05) is 0 Å². The molecular weight excluding hydrogens is 224 g/mol. The van der Waals surface area contributed by atoms with Gasteiger partial charge in [0.05, 0.1) is 0 Å². The Morgan fingerprint density at radius 3 is 2.53 bits per heavy atom. The normalized spacial score (nSPS) is 10.1. The second-order valence-corrected chi connectivity index (χ2v) is 3.38. The molecule has 2 rings (SSSR count). The molecule has 1 heterocycles. The zero-order chi connectivity index (χ0) is 12.3. The summed E-state index contributed by atoms with van der Waals surface area (Å²) in [6.45, 7) is 0.0697. The standard InChI is InChI=1S/C12H10O5/c13-8-1-3-9(4-2-8)16-6-10-5-11(14)12(15)7-17-10/h1-5,7,13,15H,6H2. The molecule has 2 N–H and O–H groups in total. The van der Waals surface area contributed by atoms with Gasteiger partial charge in [0, 0.05) is 6.07 Å². The summed E-state index contributed by atoms with van der Waals surface area (Å²) in [6.07, 6.45) is 0.970. The van der Waals surface area contributed by atoms with Crippen molar-refractivity contribution in [2.24, 2.45) is 0 Å². The van der Waals surface area contributed by atoms with Gasteiger partial charge in [-0.05, 0) is 24.3 Å². The average Bonchev–Trinajstić information content (AvgIpc) is 2.33. The highest BCUT2D eigenvalue weighted by atomic mass is 16.5. The number of aromatic hydroxyl groups is 2. The smallest absolute Gasteiger partial charge is 0.226 e. The van der Waals surface area contributed by atoms with Gasteiger partial charge >= 0.3 is 0 Å². The van der Waals surface area contributed by atoms with E-state index in [-0.39, 0.29) is 12.4 Å². The molecule has 0 unspecified atom stereocenters. The Balaban J connectivity index is 2.04. The number of benzene rings is 1. The van der Waals surface area contributed by atoms with Crippen LogP contribution in [0.25, 0.3) is 0 Å². The van der Waals surface area contributed by atoms with E-state index in [0.29, 0.717) is 11.5 Å². The third-order valence-corrected chi connectivity index (χ3v) is 2.08. The van der Waals surface area contributed by atoms with Gasteiger partial charge in [0.2, 0.25) is 5.43 Å². The predicted octanol–water partition coefficient (Wildman–Crippen LogP) is 1.63. The molecule has 5 nitrogen and oxygen atoms in total. The molecule has 0 aliphatic carbocycles. The van der Waals surface area contributed by atoms with Gasteiger partial charge in [-0.15, -0.1) is 0 Å². The Hall–Kier alpha value is -2.43. The Morgan fingerprint density at radius 1 is 1.18 bits per heavy atom. The van der Waals surface area contributed by atoms with E-state index in [0.717, 1.165) is 12.3 Å². The second-order valence-electron chi connectivity index (χ2n) is 3.38. The van der Waals surface area contributed by atoms with Crippen molar-refractivity contribution in [3.8, 4) is 17.2 Å². The van der Waals surface area contributed by atoms with E-state index < -0.39 is 11.2 Å². The van der Waals surface area contributed by atoms with Crippen LogP contribution in [0.5, 0.6) is 17.2 Å². The van der Waals surface area contributed by atoms with Gasteiger partial charge < -0.3 is 19.4 Å². The van der Waals surface area contributed by atoms with Crippen LogP contribution in [0.3, 0.4) is 0 Å². The number of hydrogen-bond acceptors (Lipinski definition) is 5. The first kappa shape index (κ1) is 11.1. The Kier molecular flexibility index (Phi) is 3.00. The molecule has 0 aliphatic heterocycles. The number of hydrogen-bond donors (Lipinski definition) is 2. The minimum atomic E-state index is -0.513. The van der Waals surface area contributed by atoms with Crippen molar-refractivity contribution < 1.29 is 19.4 Å². The SMILES string of the molecule is O=c1cc(COc2ccc(O)cc2)occ1O. The molecule has 5 heteroatoms. The quantitative estimate of drug-likeness (QED) is 0.843. The first-order valence-corrected chi connectivity index (χ1v) is 4.87. The van der Waals surface area contributed by atoms with Crippen LogP contribution in [0.2, 0.25) is 0 Å². The van der Waals surface area contributed by atoms with E-state index in [1.807, 2.05) is 0 Å². The van der Waals surface area contributed by atoms with Crippen molar-refractivity contribution in [3.63, 3.8) is 0 Å². The summed E-state index contributed by atoms with van der Waals surface area (Å²) in [5, 5.41) is 18.1. The van der Waals surface area contributed by atoms with Crippen molar-refractivity contribution in [1.29, 1.82) is 0 Å². The third-order valence-electron chi connectivity index (χ3n) is 2.08. The largest absolute Gasteiger partial charge is 0.508 e. The van der Waals surface area contributed by atoms with Crippen molar-refractivity contribution in [1.82, 2.24) is 0 Å². The van der Waals surface area contributed by atoms with E-state index in [1.165, 1.54) is 12.1 Å². The molecule has 1 aromatic heterocycles. The van der Waals surface area contributed by atoms with Gasteiger partial charge in [0.25, 0.3) is 0 Å². The topological polar surface area (TPSA) is 79.9 Å². The molecule has 0 amide bonds. The number of ether oxygens (including phenoxy) is 1. The fourth-order valence-electron chi connectivity index (χ4n) is 1.22. The van der Waals surface area contributed by atoms with Crippen LogP contribution in [0.15, 0.2) is 45.8 Å². The lowest BCUT2D eigenvalue weighted by molar-refractivity contribution is 0.263. The molecule has 0 aliphatic rings. The van der Waals surface area contributed by atoms with Crippen molar-refractivity contribution in [3.05, 3.63) is 52.6 Å². The highest BCUT2D eigenvalue weighted by Gasteiger charge is 2.02. The predicted molar refractivity (Wildman–Crippen MR) is 59.1 cm³/mol. The summed E-state index contributed by atoms with van der Waals surface area (Å²) in [5.41, 5.74) is -0.513. The fraction of sp³-hybridized carbons (Fsp3) is 0.0833. The van der Waals surface area contributed by atoms with Gasteiger partial charge in [0.1, 0.15) is 30.1 Å². The first-order chi connectivity index (χ1) is 8.15. The molecular formula is C12H10O5. The molecule has 0 saturated carbocycles. The van der Waals surface area contributed by atoms with Gasteiger partial charge in [-0.2, -0.15) is 0 Å². The maximum absolute atomic E-state index is 11.1. The highest BCUT2D eigenvalue weighted by molar-refractivity contribution is 5.30. The lowest BCUT2D eigenvalue weighted by Gasteiger charge is -2.05. The monoisotopic (exact) mass is 234 g/mol.